The minimum atomic E-state index is -0.144. The smallest absolute Gasteiger partial charge is 0.267 e. The van der Waals surface area contributed by atoms with Crippen molar-refractivity contribution in [3.63, 3.8) is 0 Å². The van der Waals surface area contributed by atoms with E-state index in [-0.39, 0.29) is 5.91 Å². The first-order chi connectivity index (χ1) is 8.09. The van der Waals surface area contributed by atoms with Crippen LogP contribution in [0.1, 0.15) is 20.8 Å². The van der Waals surface area contributed by atoms with Gasteiger partial charge in [0.2, 0.25) is 0 Å². The maximum atomic E-state index is 12.0. The number of aryl methyl sites for hydroxylation is 2. The van der Waals surface area contributed by atoms with Gasteiger partial charge in [-0.3, -0.25) is 4.79 Å². The number of carbonyl (C=O) groups is 1. The van der Waals surface area contributed by atoms with E-state index in [1.54, 1.807) is 6.07 Å². The van der Waals surface area contributed by atoms with Gasteiger partial charge in [0.1, 0.15) is 4.88 Å². The van der Waals surface area contributed by atoms with Crippen LogP contribution >= 0.6 is 11.3 Å². The highest BCUT2D eigenvalue weighted by molar-refractivity contribution is 7.12. The second kappa shape index (κ2) is 4.59. The van der Waals surface area contributed by atoms with Crippen molar-refractivity contribution in [1.29, 1.82) is 0 Å². The van der Waals surface area contributed by atoms with E-state index in [0.717, 1.165) is 16.8 Å². The Kier molecular flexibility index (Phi) is 3.15. The number of thiophene rings is 1. The highest BCUT2D eigenvalue weighted by Gasteiger charge is 2.13. The van der Waals surface area contributed by atoms with Gasteiger partial charge in [0.05, 0.1) is 5.69 Å². The van der Waals surface area contributed by atoms with Crippen molar-refractivity contribution in [1.82, 2.24) is 0 Å². The number of nitrogens with one attached hydrogen (secondary N) is 1. The zero-order valence-electron chi connectivity index (χ0n) is 9.78. The summed E-state index contributed by atoms with van der Waals surface area (Å²) in [4.78, 5) is 12.6. The third-order valence-corrected chi connectivity index (χ3v) is 3.55. The summed E-state index contributed by atoms with van der Waals surface area (Å²) in [5, 5.41) is 4.73. The quantitative estimate of drug-likeness (QED) is 0.855. The number of nitrogen functional groups attached to an aromatic ring is 1. The van der Waals surface area contributed by atoms with Gasteiger partial charge in [-0.25, -0.2) is 0 Å². The van der Waals surface area contributed by atoms with E-state index in [2.05, 4.69) is 5.32 Å². The van der Waals surface area contributed by atoms with E-state index in [0.29, 0.717) is 10.6 Å². The fourth-order valence-electron chi connectivity index (χ4n) is 1.69. The van der Waals surface area contributed by atoms with E-state index < -0.39 is 0 Å². The molecule has 2 aromatic rings. The van der Waals surface area contributed by atoms with Crippen LogP contribution in [0.4, 0.5) is 11.4 Å². The summed E-state index contributed by atoms with van der Waals surface area (Å²) in [5.74, 6) is -0.144. The van der Waals surface area contributed by atoms with Crippen LogP contribution in [0.2, 0.25) is 0 Å². The van der Waals surface area contributed by atoms with Crippen LogP contribution in [0.15, 0.2) is 29.6 Å². The Balaban J connectivity index is 2.28. The van der Waals surface area contributed by atoms with Crippen molar-refractivity contribution < 1.29 is 4.79 Å². The van der Waals surface area contributed by atoms with Crippen molar-refractivity contribution in [2.45, 2.75) is 13.8 Å². The van der Waals surface area contributed by atoms with Crippen molar-refractivity contribution in [2.75, 3.05) is 11.1 Å². The molecule has 0 fully saturated rings. The topological polar surface area (TPSA) is 55.1 Å². The molecule has 0 saturated heterocycles. The van der Waals surface area contributed by atoms with Crippen molar-refractivity contribution >= 4 is 28.6 Å². The Bertz CT molecular complexity index is 540. The van der Waals surface area contributed by atoms with Gasteiger partial charge in [-0.2, -0.15) is 0 Å². The molecule has 4 heteroatoms. The lowest BCUT2D eigenvalue weighted by Crippen LogP contribution is -2.13. The summed E-state index contributed by atoms with van der Waals surface area (Å²) in [5.41, 5.74) is 9.21. The predicted octanol–water partition coefficient (Wildman–Crippen LogP) is 3.20. The highest BCUT2D eigenvalue weighted by atomic mass is 32.1. The minimum Gasteiger partial charge on any atom is -0.397 e. The first-order valence-electron chi connectivity index (χ1n) is 5.30. The molecule has 1 aromatic carbocycles. The molecule has 0 aliphatic rings. The molecular weight excluding hydrogens is 232 g/mol. The number of amides is 1. The van der Waals surface area contributed by atoms with Crippen LogP contribution < -0.4 is 11.1 Å². The number of benzene rings is 1. The molecule has 0 unspecified atom stereocenters. The van der Waals surface area contributed by atoms with Crippen LogP contribution in [-0.2, 0) is 0 Å². The summed E-state index contributed by atoms with van der Waals surface area (Å²) in [6.45, 7) is 3.95. The molecule has 0 atom stereocenters. The van der Waals surface area contributed by atoms with Gasteiger partial charge in [0, 0.05) is 5.69 Å². The van der Waals surface area contributed by atoms with Crippen LogP contribution in [0.3, 0.4) is 0 Å². The highest BCUT2D eigenvalue weighted by Crippen LogP contribution is 2.24. The maximum Gasteiger partial charge on any atom is 0.267 e. The summed E-state index contributed by atoms with van der Waals surface area (Å²) in [6.07, 6.45) is 0. The lowest BCUT2D eigenvalue weighted by Gasteiger charge is -2.10. The zero-order chi connectivity index (χ0) is 12.4. The molecule has 2 rings (SSSR count). The first kappa shape index (κ1) is 11.7. The number of anilines is 2. The average Bonchev–Trinajstić information content (AvgIpc) is 2.70. The Hall–Kier alpha value is -1.81. The normalized spacial score (nSPS) is 10.2. The molecule has 17 heavy (non-hydrogen) atoms. The molecule has 1 amide bonds. The Morgan fingerprint density at radius 3 is 2.41 bits per heavy atom. The lowest BCUT2D eigenvalue weighted by molar-refractivity contribution is 0.103. The maximum absolute atomic E-state index is 12.0. The van der Waals surface area contributed by atoms with Crippen LogP contribution in [0, 0.1) is 13.8 Å². The van der Waals surface area contributed by atoms with E-state index >= 15 is 0 Å². The first-order valence-corrected chi connectivity index (χ1v) is 6.18. The monoisotopic (exact) mass is 246 g/mol. The van der Waals surface area contributed by atoms with Gasteiger partial charge in [0.25, 0.3) is 5.91 Å². The number of carbonyl (C=O) groups excluding carboxylic acids is 1. The molecule has 3 N–H and O–H groups in total. The SMILES string of the molecule is Cc1cccc(C)c1NC(=O)c1sccc1N. The molecule has 1 aromatic heterocycles. The van der Waals surface area contributed by atoms with E-state index in [1.165, 1.54) is 11.3 Å². The molecule has 0 spiro atoms. The fourth-order valence-corrected chi connectivity index (χ4v) is 2.40. The molecule has 0 saturated carbocycles. The number of para-hydroxylation sites is 1. The second-order valence-corrected chi connectivity index (χ2v) is 4.84. The Morgan fingerprint density at radius 1 is 1.24 bits per heavy atom. The molecular formula is C13H14N2OS. The van der Waals surface area contributed by atoms with Crippen LogP contribution in [-0.4, -0.2) is 5.91 Å². The molecule has 0 bridgehead atoms. The van der Waals surface area contributed by atoms with Gasteiger partial charge in [-0.05, 0) is 36.4 Å². The van der Waals surface area contributed by atoms with E-state index in [4.69, 9.17) is 5.73 Å². The lowest BCUT2D eigenvalue weighted by atomic mass is 10.1. The molecule has 0 aliphatic heterocycles. The van der Waals surface area contributed by atoms with Crippen LogP contribution in [0.5, 0.6) is 0 Å². The second-order valence-electron chi connectivity index (χ2n) is 3.93. The third kappa shape index (κ3) is 2.31. The molecule has 88 valence electrons. The standard InChI is InChI=1S/C13H14N2OS/c1-8-4-3-5-9(2)11(8)15-13(16)12-10(14)6-7-17-12/h3-7H,14H2,1-2H3,(H,15,16). The van der Waals surface area contributed by atoms with Gasteiger partial charge in [-0.1, -0.05) is 18.2 Å². The van der Waals surface area contributed by atoms with E-state index in [9.17, 15) is 4.79 Å². The van der Waals surface area contributed by atoms with Crippen LogP contribution in [0.25, 0.3) is 0 Å². The third-order valence-electron chi connectivity index (χ3n) is 2.62. The summed E-state index contributed by atoms with van der Waals surface area (Å²) in [6, 6.07) is 7.66. The largest absolute Gasteiger partial charge is 0.397 e. The van der Waals surface area contributed by atoms with Crippen molar-refractivity contribution in [2.24, 2.45) is 0 Å². The predicted molar refractivity (Wildman–Crippen MR) is 72.6 cm³/mol. The molecule has 3 nitrogen and oxygen atoms in total. The number of rotatable bonds is 2. The summed E-state index contributed by atoms with van der Waals surface area (Å²) >= 11 is 1.35. The Labute approximate surface area is 104 Å². The molecule has 0 aliphatic carbocycles. The van der Waals surface area contributed by atoms with E-state index in [1.807, 2.05) is 37.4 Å². The van der Waals surface area contributed by atoms with Gasteiger partial charge >= 0.3 is 0 Å². The molecule has 1 heterocycles. The van der Waals surface area contributed by atoms with Gasteiger partial charge in [0.15, 0.2) is 0 Å². The number of nitrogens with two attached hydrogens (primary N) is 1. The zero-order valence-corrected chi connectivity index (χ0v) is 10.6. The Morgan fingerprint density at radius 2 is 1.88 bits per heavy atom. The van der Waals surface area contributed by atoms with Crippen molar-refractivity contribution in [3.8, 4) is 0 Å². The number of hydrogen-bond acceptors (Lipinski definition) is 3. The fraction of sp³-hybridized carbons (Fsp3) is 0.154. The van der Waals surface area contributed by atoms with Gasteiger partial charge < -0.3 is 11.1 Å². The number of hydrogen-bond donors (Lipinski definition) is 2. The van der Waals surface area contributed by atoms with Gasteiger partial charge in [-0.15, -0.1) is 11.3 Å². The van der Waals surface area contributed by atoms with Crippen molar-refractivity contribution in [3.05, 3.63) is 45.6 Å². The summed E-state index contributed by atoms with van der Waals surface area (Å²) in [7, 11) is 0. The minimum absolute atomic E-state index is 0.144. The summed E-state index contributed by atoms with van der Waals surface area (Å²) < 4.78 is 0. The average molecular weight is 246 g/mol. The molecule has 0 radical (unpaired) electrons.